The highest BCUT2D eigenvalue weighted by Gasteiger charge is 2.23. The van der Waals surface area contributed by atoms with Gasteiger partial charge in [0.25, 0.3) is 0 Å². The zero-order valence-electron chi connectivity index (χ0n) is 17.1. The topological polar surface area (TPSA) is 73.3 Å². The van der Waals surface area contributed by atoms with Gasteiger partial charge in [0, 0.05) is 11.6 Å². The van der Waals surface area contributed by atoms with Gasteiger partial charge in [-0.15, -0.1) is 0 Å². The van der Waals surface area contributed by atoms with Crippen molar-refractivity contribution in [3.63, 3.8) is 0 Å². The smallest absolute Gasteiger partial charge is 0.407 e. The van der Waals surface area contributed by atoms with Gasteiger partial charge in [0.15, 0.2) is 0 Å². The van der Waals surface area contributed by atoms with Crippen molar-refractivity contribution in [2.45, 2.75) is 58.1 Å². The van der Waals surface area contributed by atoms with Crippen molar-refractivity contribution in [2.24, 2.45) is 5.92 Å². The van der Waals surface area contributed by atoms with Crippen LogP contribution in [0, 0.1) is 5.92 Å². The number of hydrogen-bond acceptors (Lipinski definition) is 5. The Morgan fingerprint density at radius 3 is 2.64 bits per heavy atom. The fraction of sp³-hybridized carbons (Fsp3) is 0.500. The van der Waals surface area contributed by atoms with E-state index in [1.165, 1.54) is 0 Å². The van der Waals surface area contributed by atoms with Crippen LogP contribution in [0.3, 0.4) is 0 Å². The highest BCUT2D eigenvalue weighted by atomic mass is 16.6. The van der Waals surface area contributed by atoms with E-state index in [4.69, 9.17) is 9.47 Å². The molecule has 1 aromatic heterocycles. The number of ether oxygens (including phenoxy) is 2. The predicted octanol–water partition coefficient (Wildman–Crippen LogP) is 4.74. The van der Waals surface area contributed by atoms with Crippen LogP contribution in [0.4, 0.5) is 4.79 Å². The lowest BCUT2D eigenvalue weighted by molar-refractivity contribution is 0.0490. The van der Waals surface area contributed by atoms with Gasteiger partial charge in [-0.05, 0) is 58.4 Å². The molecule has 0 aliphatic heterocycles. The molecule has 0 radical (unpaired) electrons. The Morgan fingerprint density at radius 1 is 1.21 bits per heavy atom. The summed E-state index contributed by atoms with van der Waals surface area (Å²) in [5.74, 6) is 1.01. The summed E-state index contributed by atoms with van der Waals surface area (Å²) in [6.45, 7) is 5.63. The fourth-order valence-corrected chi connectivity index (χ4v) is 3.44. The number of hydrogen-bond donors (Lipinski definition) is 1. The Bertz CT molecular complexity index is 850. The second-order valence-electron chi connectivity index (χ2n) is 8.24. The highest BCUT2D eigenvalue weighted by molar-refractivity contribution is 5.84. The normalized spacial score (nSPS) is 20.3. The SMILES string of the molecule is COc1cnc2cccc(C=C[C@H]3CC[C@H](NC(=O)OC(C)(C)C)CC3)c2n1. The maximum absolute atomic E-state index is 11.9. The molecule has 2 aromatic rings. The highest BCUT2D eigenvalue weighted by Crippen LogP contribution is 2.27. The minimum atomic E-state index is -0.464. The number of carbonyl (C=O) groups is 1. The first kappa shape index (κ1) is 20.1. The monoisotopic (exact) mass is 383 g/mol. The average Bonchev–Trinajstić information content (AvgIpc) is 2.65. The lowest BCUT2D eigenvalue weighted by Gasteiger charge is -2.28. The maximum Gasteiger partial charge on any atom is 0.407 e. The third-order valence-electron chi connectivity index (χ3n) is 4.83. The molecule has 0 spiro atoms. The zero-order chi connectivity index (χ0) is 20.1. The Labute approximate surface area is 166 Å². The van der Waals surface area contributed by atoms with Crippen LogP contribution in [0.25, 0.3) is 17.1 Å². The molecule has 1 amide bonds. The molecule has 6 heteroatoms. The van der Waals surface area contributed by atoms with E-state index >= 15 is 0 Å². The quantitative estimate of drug-likeness (QED) is 0.826. The summed E-state index contributed by atoms with van der Waals surface area (Å²) in [7, 11) is 1.60. The molecule has 3 rings (SSSR count). The molecule has 6 nitrogen and oxygen atoms in total. The molecule has 1 aromatic carbocycles. The minimum Gasteiger partial charge on any atom is -0.480 e. The van der Waals surface area contributed by atoms with Crippen LogP contribution in [-0.2, 0) is 4.74 Å². The minimum absolute atomic E-state index is 0.187. The summed E-state index contributed by atoms with van der Waals surface area (Å²) in [6, 6.07) is 6.17. The molecule has 0 saturated heterocycles. The van der Waals surface area contributed by atoms with Gasteiger partial charge in [0.2, 0.25) is 5.88 Å². The number of para-hydroxylation sites is 1. The number of methoxy groups -OCH3 is 1. The molecule has 28 heavy (non-hydrogen) atoms. The molecule has 150 valence electrons. The summed E-state index contributed by atoms with van der Waals surface area (Å²) in [5.41, 5.74) is 2.28. The molecule has 0 bridgehead atoms. The van der Waals surface area contributed by atoms with E-state index in [1.807, 2.05) is 39.0 Å². The molecule has 1 heterocycles. The first-order chi connectivity index (χ1) is 13.3. The first-order valence-corrected chi connectivity index (χ1v) is 9.81. The Kier molecular flexibility index (Phi) is 6.17. The number of fused-ring (bicyclic) bond motifs is 1. The van der Waals surface area contributed by atoms with Crippen LogP contribution in [0.5, 0.6) is 5.88 Å². The number of rotatable bonds is 4. The van der Waals surface area contributed by atoms with E-state index < -0.39 is 5.60 Å². The van der Waals surface area contributed by atoms with E-state index in [1.54, 1.807) is 13.3 Å². The third kappa shape index (κ3) is 5.44. The van der Waals surface area contributed by atoms with E-state index in [0.29, 0.717) is 11.8 Å². The Morgan fingerprint density at radius 2 is 1.96 bits per heavy atom. The number of benzene rings is 1. The van der Waals surface area contributed by atoms with Crippen molar-refractivity contribution >= 4 is 23.2 Å². The van der Waals surface area contributed by atoms with Crippen LogP contribution in [0.1, 0.15) is 52.0 Å². The molecular weight excluding hydrogens is 354 g/mol. The van der Waals surface area contributed by atoms with Gasteiger partial charge in [-0.2, -0.15) is 0 Å². The third-order valence-corrected chi connectivity index (χ3v) is 4.83. The van der Waals surface area contributed by atoms with Crippen LogP contribution in [0.2, 0.25) is 0 Å². The summed E-state index contributed by atoms with van der Waals surface area (Å²) in [6.07, 6.45) is 9.68. The zero-order valence-corrected chi connectivity index (χ0v) is 17.1. The van der Waals surface area contributed by atoms with Gasteiger partial charge >= 0.3 is 6.09 Å². The lowest BCUT2D eigenvalue weighted by Crippen LogP contribution is -2.40. The summed E-state index contributed by atoms with van der Waals surface area (Å²) < 4.78 is 10.5. The van der Waals surface area contributed by atoms with Crippen molar-refractivity contribution < 1.29 is 14.3 Å². The van der Waals surface area contributed by atoms with Crippen LogP contribution < -0.4 is 10.1 Å². The van der Waals surface area contributed by atoms with E-state index in [-0.39, 0.29) is 12.1 Å². The predicted molar refractivity (Wildman–Crippen MR) is 110 cm³/mol. The Hall–Kier alpha value is -2.63. The molecule has 1 N–H and O–H groups in total. The number of allylic oxidation sites excluding steroid dienone is 1. The van der Waals surface area contributed by atoms with Crippen molar-refractivity contribution in [1.29, 1.82) is 0 Å². The standard InChI is InChI=1S/C22H29N3O3/c1-22(2,3)28-21(26)24-17-12-9-15(10-13-17)8-11-16-6-5-7-18-20(16)25-19(27-4)14-23-18/h5-8,11,14-15,17H,9-10,12-13H2,1-4H3,(H,24,26)/t15-,17-. The molecule has 1 fully saturated rings. The molecule has 0 atom stereocenters. The maximum atomic E-state index is 11.9. The second-order valence-corrected chi connectivity index (χ2v) is 8.24. The largest absolute Gasteiger partial charge is 0.480 e. The molecule has 1 saturated carbocycles. The second kappa shape index (κ2) is 8.59. The number of carbonyl (C=O) groups excluding carboxylic acids is 1. The Balaban J connectivity index is 1.58. The number of amides is 1. The summed E-state index contributed by atoms with van der Waals surface area (Å²) in [4.78, 5) is 20.9. The van der Waals surface area contributed by atoms with Gasteiger partial charge in [0.1, 0.15) is 5.60 Å². The number of nitrogens with one attached hydrogen (secondary N) is 1. The van der Waals surface area contributed by atoms with Crippen LogP contribution in [-0.4, -0.2) is 34.8 Å². The fourth-order valence-electron chi connectivity index (χ4n) is 3.44. The number of alkyl carbamates (subject to hydrolysis) is 1. The number of nitrogens with zero attached hydrogens (tertiary/aromatic N) is 2. The molecule has 1 aliphatic carbocycles. The van der Waals surface area contributed by atoms with Crippen molar-refractivity contribution in [3.8, 4) is 5.88 Å². The van der Waals surface area contributed by atoms with Gasteiger partial charge in [0.05, 0.1) is 24.3 Å². The summed E-state index contributed by atoms with van der Waals surface area (Å²) in [5, 5.41) is 2.99. The van der Waals surface area contributed by atoms with Crippen molar-refractivity contribution in [1.82, 2.24) is 15.3 Å². The van der Waals surface area contributed by atoms with Gasteiger partial charge in [-0.1, -0.05) is 24.3 Å². The lowest BCUT2D eigenvalue weighted by atomic mass is 9.85. The van der Waals surface area contributed by atoms with Crippen molar-refractivity contribution in [3.05, 3.63) is 36.0 Å². The molecular formula is C22H29N3O3. The van der Waals surface area contributed by atoms with E-state index in [2.05, 4.69) is 27.4 Å². The van der Waals surface area contributed by atoms with Gasteiger partial charge in [-0.25, -0.2) is 14.8 Å². The van der Waals surface area contributed by atoms with Crippen molar-refractivity contribution in [2.75, 3.05) is 7.11 Å². The molecule has 0 unspecified atom stereocenters. The average molecular weight is 383 g/mol. The van der Waals surface area contributed by atoms with Gasteiger partial charge < -0.3 is 14.8 Å². The summed E-state index contributed by atoms with van der Waals surface area (Å²) >= 11 is 0. The van der Waals surface area contributed by atoms with E-state index in [0.717, 1.165) is 42.3 Å². The first-order valence-electron chi connectivity index (χ1n) is 9.81. The number of aromatic nitrogens is 2. The van der Waals surface area contributed by atoms with Gasteiger partial charge in [-0.3, -0.25) is 0 Å². The van der Waals surface area contributed by atoms with Crippen LogP contribution in [0.15, 0.2) is 30.5 Å². The van der Waals surface area contributed by atoms with E-state index in [9.17, 15) is 4.79 Å². The van der Waals surface area contributed by atoms with Crippen LogP contribution >= 0.6 is 0 Å². The molecule has 1 aliphatic rings.